The molecule has 0 aromatic heterocycles. The second-order valence-corrected chi connectivity index (χ2v) is 9.02. The van der Waals surface area contributed by atoms with Crippen molar-refractivity contribution in [2.45, 2.75) is 37.8 Å². The Hall–Kier alpha value is -1.05. The molecule has 0 amide bonds. The largest absolute Gasteiger partial charge is 0.468 e. The Kier molecular flexibility index (Phi) is 5.43. The van der Waals surface area contributed by atoms with Gasteiger partial charge in [0.05, 0.1) is 12.0 Å². The van der Waals surface area contributed by atoms with Crippen LogP contribution in [0.25, 0.3) is 0 Å². The molecule has 0 aliphatic carbocycles. The fourth-order valence-corrected chi connectivity index (χ4v) is 6.18. The Labute approximate surface area is 142 Å². The van der Waals surface area contributed by atoms with Crippen molar-refractivity contribution < 1.29 is 17.9 Å². The van der Waals surface area contributed by atoms with Gasteiger partial charge < -0.3 is 4.74 Å². The number of benzene rings is 1. The molecule has 0 radical (unpaired) electrons. The molecule has 23 heavy (non-hydrogen) atoms. The van der Waals surface area contributed by atoms with Crippen LogP contribution in [0, 0.1) is 27.7 Å². The molecule has 0 spiro atoms. The quantitative estimate of drug-likeness (QED) is 0.776. The Bertz CT molecular complexity index is 702. The van der Waals surface area contributed by atoms with E-state index < -0.39 is 15.3 Å². The number of hydrogen-bond donors (Lipinski definition) is 0. The van der Waals surface area contributed by atoms with Gasteiger partial charge in [-0.15, -0.1) is 11.8 Å². The molecule has 1 heterocycles. The summed E-state index contributed by atoms with van der Waals surface area (Å²) in [6, 6.07) is 2.01. The van der Waals surface area contributed by atoms with Crippen molar-refractivity contribution in [1.82, 2.24) is 4.31 Å². The number of carbonyl (C=O) groups excluding carboxylic acids is 1. The number of aryl methyl sites for hydroxylation is 2. The van der Waals surface area contributed by atoms with Gasteiger partial charge in [-0.2, -0.15) is 4.31 Å². The lowest BCUT2D eigenvalue weighted by Gasteiger charge is -2.31. The lowest BCUT2D eigenvalue weighted by atomic mass is 10.0. The van der Waals surface area contributed by atoms with Crippen LogP contribution in [-0.2, 0) is 19.6 Å². The summed E-state index contributed by atoms with van der Waals surface area (Å²) in [4.78, 5) is 12.1. The highest BCUT2D eigenvalue weighted by Gasteiger charge is 2.36. The second-order valence-electron chi connectivity index (χ2n) is 5.84. The normalized spacial score (nSPS) is 19.6. The van der Waals surface area contributed by atoms with Crippen LogP contribution in [0.3, 0.4) is 0 Å². The molecule has 1 fully saturated rings. The highest BCUT2D eigenvalue weighted by atomic mass is 32.2. The fourth-order valence-electron chi connectivity index (χ4n) is 2.81. The average Bonchev–Trinajstić information content (AvgIpc) is 2.52. The van der Waals surface area contributed by atoms with Crippen molar-refractivity contribution in [3.05, 3.63) is 28.3 Å². The highest BCUT2D eigenvalue weighted by Crippen LogP contribution is 2.31. The first-order valence-electron chi connectivity index (χ1n) is 7.47. The third-order valence-corrected chi connectivity index (χ3v) is 7.69. The van der Waals surface area contributed by atoms with Gasteiger partial charge in [0.25, 0.3) is 0 Å². The van der Waals surface area contributed by atoms with Gasteiger partial charge in [0.15, 0.2) is 0 Å². The number of rotatable bonds is 3. The van der Waals surface area contributed by atoms with Crippen molar-refractivity contribution >= 4 is 27.8 Å². The van der Waals surface area contributed by atoms with E-state index in [2.05, 4.69) is 0 Å². The fraction of sp³-hybridized carbons (Fsp3) is 0.562. The van der Waals surface area contributed by atoms with E-state index in [1.54, 1.807) is 0 Å². The number of ether oxygens (including phenoxy) is 1. The van der Waals surface area contributed by atoms with E-state index in [1.807, 2.05) is 33.8 Å². The molecule has 2 rings (SSSR count). The van der Waals surface area contributed by atoms with Crippen molar-refractivity contribution in [2.24, 2.45) is 0 Å². The highest BCUT2D eigenvalue weighted by molar-refractivity contribution is 8.00. The van der Waals surface area contributed by atoms with Crippen molar-refractivity contribution in [3.8, 4) is 0 Å². The van der Waals surface area contributed by atoms with Crippen molar-refractivity contribution in [2.75, 3.05) is 26.0 Å². The Balaban J connectivity index is 2.45. The molecular weight excluding hydrogens is 334 g/mol. The van der Waals surface area contributed by atoms with Crippen LogP contribution >= 0.6 is 11.8 Å². The topological polar surface area (TPSA) is 63.7 Å². The number of thioether (sulfide) groups is 1. The van der Waals surface area contributed by atoms with Gasteiger partial charge in [0, 0.05) is 18.8 Å². The molecule has 1 atom stereocenters. The summed E-state index contributed by atoms with van der Waals surface area (Å²) in [5.74, 6) is 0.214. The molecule has 0 saturated carbocycles. The maximum Gasteiger partial charge on any atom is 0.320 e. The van der Waals surface area contributed by atoms with Gasteiger partial charge in [-0.05, 0) is 49.9 Å². The lowest BCUT2D eigenvalue weighted by Crippen LogP contribution is -2.45. The SMILES string of the molecule is COC(=O)[C@H]1CN(S(=O)(=O)c2c(C)c(C)cc(C)c2C)CCS1. The van der Waals surface area contributed by atoms with Crippen LogP contribution in [0.2, 0.25) is 0 Å². The second kappa shape index (κ2) is 6.83. The maximum absolute atomic E-state index is 13.2. The first kappa shape index (κ1) is 18.3. The molecular formula is C16H23NO4S2. The molecule has 7 heteroatoms. The Morgan fingerprint density at radius 3 is 2.30 bits per heavy atom. The van der Waals surface area contributed by atoms with Crippen LogP contribution < -0.4 is 0 Å². The van der Waals surface area contributed by atoms with Crippen molar-refractivity contribution in [1.29, 1.82) is 0 Å². The van der Waals surface area contributed by atoms with E-state index in [0.29, 0.717) is 17.2 Å². The average molecular weight is 357 g/mol. The zero-order chi connectivity index (χ0) is 17.4. The molecule has 0 bridgehead atoms. The van der Waals surface area contributed by atoms with Crippen LogP contribution in [0.1, 0.15) is 22.3 Å². The zero-order valence-corrected chi connectivity index (χ0v) is 15.8. The smallest absolute Gasteiger partial charge is 0.320 e. The van der Waals surface area contributed by atoms with E-state index in [1.165, 1.54) is 23.2 Å². The number of nitrogens with zero attached hydrogens (tertiary/aromatic N) is 1. The lowest BCUT2D eigenvalue weighted by molar-refractivity contribution is -0.140. The zero-order valence-electron chi connectivity index (χ0n) is 14.2. The van der Waals surface area contributed by atoms with Gasteiger partial charge in [-0.25, -0.2) is 8.42 Å². The molecule has 5 nitrogen and oxygen atoms in total. The molecule has 1 aliphatic rings. The van der Waals surface area contributed by atoms with Gasteiger partial charge in [0.1, 0.15) is 5.25 Å². The molecule has 128 valence electrons. The summed E-state index contributed by atoms with van der Waals surface area (Å²) >= 11 is 1.44. The van der Waals surface area contributed by atoms with E-state index in [4.69, 9.17) is 4.74 Å². The van der Waals surface area contributed by atoms with E-state index in [0.717, 1.165) is 22.3 Å². The Morgan fingerprint density at radius 1 is 1.22 bits per heavy atom. The third-order valence-electron chi connectivity index (χ3n) is 4.39. The summed E-state index contributed by atoms with van der Waals surface area (Å²) in [7, 11) is -2.30. The monoisotopic (exact) mass is 357 g/mol. The number of methoxy groups -OCH3 is 1. The predicted molar refractivity (Wildman–Crippen MR) is 92.4 cm³/mol. The van der Waals surface area contributed by atoms with Crippen LogP contribution in [-0.4, -0.2) is 49.9 Å². The molecule has 1 aromatic rings. The van der Waals surface area contributed by atoms with Gasteiger partial charge in [-0.3, -0.25) is 4.79 Å². The number of esters is 1. The van der Waals surface area contributed by atoms with Gasteiger partial charge in [-0.1, -0.05) is 6.07 Å². The third kappa shape index (κ3) is 3.41. The first-order chi connectivity index (χ1) is 10.7. The number of carbonyl (C=O) groups is 1. The summed E-state index contributed by atoms with van der Waals surface area (Å²) in [5.41, 5.74) is 3.48. The summed E-state index contributed by atoms with van der Waals surface area (Å²) in [5, 5.41) is -0.463. The molecule has 0 unspecified atom stereocenters. The van der Waals surface area contributed by atoms with Crippen LogP contribution in [0.15, 0.2) is 11.0 Å². The van der Waals surface area contributed by atoms with Crippen LogP contribution in [0.5, 0.6) is 0 Å². The minimum atomic E-state index is -3.63. The summed E-state index contributed by atoms with van der Waals surface area (Å²) < 4.78 is 32.5. The standard InChI is InChI=1S/C16H23NO4S2/c1-10-8-11(2)13(4)15(12(10)3)23(19,20)17-6-7-22-14(9-17)16(18)21-5/h8,14H,6-7,9H2,1-5H3/t14-/m1/s1. The van der Waals surface area contributed by atoms with Gasteiger partial charge >= 0.3 is 5.97 Å². The van der Waals surface area contributed by atoms with E-state index in [9.17, 15) is 13.2 Å². The molecule has 0 N–H and O–H groups in total. The van der Waals surface area contributed by atoms with Crippen molar-refractivity contribution in [3.63, 3.8) is 0 Å². The first-order valence-corrected chi connectivity index (χ1v) is 9.96. The predicted octanol–water partition coefficient (Wildman–Crippen LogP) is 2.20. The van der Waals surface area contributed by atoms with Crippen LogP contribution in [0.4, 0.5) is 0 Å². The molecule has 1 aliphatic heterocycles. The molecule has 1 aromatic carbocycles. The minimum Gasteiger partial charge on any atom is -0.468 e. The minimum absolute atomic E-state index is 0.158. The Morgan fingerprint density at radius 2 is 1.78 bits per heavy atom. The van der Waals surface area contributed by atoms with Gasteiger partial charge in [0.2, 0.25) is 10.0 Å². The van der Waals surface area contributed by atoms with E-state index >= 15 is 0 Å². The molecule has 1 saturated heterocycles. The summed E-state index contributed by atoms with van der Waals surface area (Å²) in [6.45, 7) is 8.09. The van der Waals surface area contributed by atoms with E-state index in [-0.39, 0.29) is 12.5 Å². The number of sulfonamides is 1. The number of hydrogen-bond acceptors (Lipinski definition) is 5. The maximum atomic E-state index is 13.2. The summed E-state index contributed by atoms with van der Waals surface area (Å²) in [6.07, 6.45) is 0.